The summed E-state index contributed by atoms with van der Waals surface area (Å²) in [5.41, 5.74) is 0.714. The number of phenols is 2. The Bertz CT molecular complexity index is 734. The summed E-state index contributed by atoms with van der Waals surface area (Å²) in [7, 11) is 0. The standard InChI is InChI=1S/C14H9FO2S/c15-11-5-8(2-4-12(11)17)13-6-9-1-3-10(16)7-14(9)18-13/h1-7,16-17H. The second kappa shape index (κ2) is 3.99. The molecule has 18 heavy (non-hydrogen) atoms. The molecular weight excluding hydrogens is 251 g/mol. The Kier molecular flexibility index (Phi) is 2.45. The van der Waals surface area contributed by atoms with E-state index >= 15 is 0 Å². The van der Waals surface area contributed by atoms with Crippen LogP contribution in [0.5, 0.6) is 11.5 Å². The second-order valence-corrected chi connectivity index (χ2v) is 5.08. The van der Waals surface area contributed by atoms with E-state index in [0.29, 0.717) is 5.56 Å². The number of hydrogen-bond acceptors (Lipinski definition) is 3. The van der Waals surface area contributed by atoms with Gasteiger partial charge in [-0.2, -0.15) is 0 Å². The predicted octanol–water partition coefficient (Wildman–Crippen LogP) is 4.12. The van der Waals surface area contributed by atoms with E-state index < -0.39 is 5.82 Å². The highest BCUT2D eigenvalue weighted by Crippen LogP contribution is 2.36. The van der Waals surface area contributed by atoms with E-state index in [-0.39, 0.29) is 11.5 Å². The van der Waals surface area contributed by atoms with Gasteiger partial charge in [0.05, 0.1) is 0 Å². The van der Waals surface area contributed by atoms with Gasteiger partial charge in [0.25, 0.3) is 0 Å². The van der Waals surface area contributed by atoms with Gasteiger partial charge in [-0.1, -0.05) is 0 Å². The van der Waals surface area contributed by atoms with Gasteiger partial charge in [0.2, 0.25) is 0 Å². The van der Waals surface area contributed by atoms with Crippen LogP contribution in [-0.4, -0.2) is 10.2 Å². The molecule has 2 N–H and O–H groups in total. The van der Waals surface area contributed by atoms with Gasteiger partial charge in [0.15, 0.2) is 11.6 Å². The Morgan fingerprint density at radius 3 is 2.56 bits per heavy atom. The topological polar surface area (TPSA) is 40.5 Å². The average Bonchev–Trinajstić information content (AvgIpc) is 2.75. The molecule has 0 radical (unpaired) electrons. The Labute approximate surface area is 107 Å². The molecular formula is C14H9FO2S. The van der Waals surface area contributed by atoms with E-state index in [1.54, 1.807) is 18.2 Å². The molecule has 3 aromatic rings. The summed E-state index contributed by atoms with van der Waals surface area (Å²) >= 11 is 1.47. The lowest BCUT2D eigenvalue weighted by molar-refractivity contribution is 0.432. The van der Waals surface area contributed by atoms with Gasteiger partial charge in [-0.05, 0) is 53.4 Å². The lowest BCUT2D eigenvalue weighted by Crippen LogP contribution is -1.77. The summed E-state index contributed by atoms with van der Waals surface area (Å²) in [5.74, 6) is -0.766. The molecule has 0 spiro atoms. The van der Waals surface area contributed by atoms with Crippen molar-refractivity contribution in [2.45, 2.75) is 0 Å². The fraction of sp³-hybridized carbons (Fsp3) is 0. The summed E-state index contributed by atoms with van der Waals surface area (Å²) in [6, 6.07) is 11.4. The maximum absolute atomic E-state index is 13.3. The third-order valence-electron chi connectivity index (χ3n) is 2.74. The number of thiophene rings is 1. The third-order valence-corrected chi connectivity index (χ3v) is 3.88. The highest BCUT2D eigenvalue weighted by molar-refractivity contribution is 7.22. The first kappa shape index (κ1) is 11.0. The van der Waals surface area contributed by atoms with E-state index in [2.05, 4.69) is 0 Å². The molecule has 0 atom stereocenters. The van der Waals surface area contributed by atoms with Crippen molar-refractivity contribution in [3.8, 4) is 21.9 Å². The first-order valence-electron chi connectivity index (χ1n) is 5.35. The largest absolute Gasteiger partial charge is 0.508 e. The van der Waals surface area contributed by atoms with Gasteiger partial charge < -0.3 is 10.2 Å². The quantitative estimate of drug-likeness (QED) is 0.691. The van der Waals surface area contributed by atoms with Crippen LogP contribution in [0.25, 0.3) is 20.5 Å². The molecule has 0 unspecified atom stereocenters. The van der Waals surface area contributed by atoms with Gasteiger partial charge in [0.1, 0.15) is 5.75 Å². The van der Waals surface area contributed by atoms with Crippen molar-refractivity contribution in [2.75, 3.05) is 0 Å². The average molecular weight is 260 g/mol. The molecule has 1 aromatic heterocycles. The molecule has 0 fully saturated rings. The van der Waals surface area contributed by atoms with Gasteiger partial charge in [-0.15, -0.1) is 11.3 Å². The minimum Gasteiger partial charge on any atom is -0.508 e. The highest BCUT2D eigenvalue weighted by Gasteiger charge is 2.07. The molecule has 0 bridgehead atoms. The smallest absolute Gasteiger partial charge is 0.165 e. The molecule has 0 amide bonds. The van der Waals surface area contributed by atoms with Crippen LogP contribution >= 0.6 is 11.3 Å². The van der Waals surface area contributed by atoms with Crippen LogP contribution in [0.3, 0.4) is 0 Å². The summed E-state index contributed by atoms with van der Waals surface area (Å²) in [6.07, 6.45) is 0. The minimum absolute atomic E-state index is 0.216. The number of benzene rings is 2. The molecule has 0 aliphatic carbocycles. The van der Waals surface area contributed by atoms with Crippen molar-refractivity contribution in [3.63, 3.8) is 0 Å². The van der Waals surface area contributed by atoms with Crippen LogP contribution in [0.1, 0.15) is 0 Å². The number of hydrogen-bond donors (Lipinski definition) is 2. The van der Waals surface area contributed by atoms with Crippen LogP contribution < -0.4 is 0 Å². The van der Waals surface area contributed by atoms with Crippen molar-refractivity contribution in [2.24, 2.45) is 0 Å². The summed E-state index contributed by atoms with van der Waals surface area (Å²) in [4.78, 5) is 0.898. The van der Waals surface area contributed by atoms with E-state index in [1.165, 1.54) is 23.5 Å². The molecule has 4 heteroatoms. The lowest BCUT2D eigenvalue weighted by Gasteiger charge is -1.98. The van der Waals surface area contributed by atoms with E-state index in [9.17, 15) is 9.50 Å². The Hall–Kier alpha value is -2.07. The molecule has 90 valence electrons. The van der Waals surface area contributed by atoms with Crippen molar-refractivity contribution in [1.82, 2.24) is 0 Å². The van der Waals surface area contributed by atoms with Crippen molar-refractivity contribution < 1.29 is 14.6 Å². The summed E-state index contributed by atoms with van der Waals surface area (Å²) in [6.45, 7) is 0. The Balaban J connectivity index is 2.16. The summed E-state index contributed by atoms with van der Waals surface area (Å²) < 4.78 is 14.2. The van der Waals surface area contributed by atoms with Crippen molar-refractivity contribution >= 4 is 21.4 Å². The van der Waals surface area contributed by atoms with Crippen LogP contribution in [0.4, 0.5) is 4.39 Å². The zero-order chi connectivity index (χ0) is 12.7. The fourth-order valence-corrected chi connectivity index (χ4v) is 2.91. The van der Waals surface area contributed by atoms with Crippen LogP contribution in [0.15, 0.2) is 42.5 Å². The molecule has 3 rings (SSSR count). The minimum atomic E-state index is -0.632. The third kappa shape index (κ3) is 1.80. The van der Waals surface area contributed by atoms with E-state index in [0.717, 1.165) is 15.0 Å². The van der Waals surface area contributed by atoms with Gasteiger partial charge >= 0.3 is 0 Å². The van der Waals surface area contributed by atoms with Gasteiger partial charge in [-0.3, -0.25) is 0 Å². The Morgan fingerprint density at radius 2 is 1.78 bits per heavy atom. The van der Waals surface area contributed by atoms with Crippen molar-refractivity contribution in [1.29, 1.82) is 0 Å². The maximum Gasteiger partial charge on any atom is 0.165 e. The predicted molar refractivity (Wildman–Crippen MR) is 70.5 cm³/mol. The molecule has 2 aromatic carbocycles. The van der Waals surface area contributed by atoms with Crippen LogP contribution in [-0.2, 0) is 0 Å². The van der Waals surface area contributed by atoms with Crippen molar-refractivity contribution in [3.05, 3.63) is 48.3 Å². The second-order valence-electron chi connectivity index (χ2n) is 4.00. The Morgan fingerprint density at radius 1 is 0.944 bits per heavy atom. The first-order chi connectivity index (χ1) is 8.63. The van der Waals surface area contributed by atoms with Gasteiger partial charge in [-0.25, -0.2) is 4.39 Å². The molecule has 0 saturated heterocycles. The first-order valence-corrected chi connectivity index (χ1v) is 6.16. The number of fused-ring (bicyclic) bond motifs is 1. The van der Waals surface area contributed by atoms with Crippen LogP contribution in [0.2, 0.25) is 0 Å². The molecule has 2 nitrogen and oxygen atoms in total. The van der Waals surface area contributed by atoms with E-state index in [1.807, 2.05) is 12.1 Å². The zero-order valence-corrected chi connectivity index (χ0v) is 10.0. The number of rotatable bonds is 1. The van der Waals surface area contributed by atoms with E-state index in [4.69, 9.17) is 5.11 Å². The zero-order valence-electron chi connectivity index (χ0n) is 9.22. The maximum atomic E-state index is 13.3. The fourth-order valence-electron chi connectivity index (χ4n) is 1.82. The molecule has 1 heterocycles. The summed E-state index contributed by atoms with van der Waals surface area (Å²) in [5, 5.41) is 19.6. The lowest BCUT2D eigenvalue weighted by atomic mass is 10.1. The molecule has 0 aliphatic rings. The number of halogens is 1. The number of phenolic OH excluding ortho intramolecular Hbond substituents is 2. The molecule has 0 saturated carbocycles. The SMILES string of the molecule is Oc1ccc2cc(-c3ccc(O)c(F)c3)sc2c1. The van der Waals surface area contributed by atoms with Gasteiger partial charge in [0, 0.05) is 9.58 Å². The van der Waals surface area contributed by atoms with Crippen LogP contribution in [0, 0.1) is 5.82 Å². The highest BCUT2D eigenvalue weighted by atomic mass is 32.1. The number of aromatic hydroxyl groups is 2. The molecule has 0 aliphatic heterocycles. The monoisotopic (exact) mass is 260 g/mol. The normalized spacial score (nSPS) is 10.9.